The van der Waals surface area contributed by atoms with Gasteiger partial charge in [0, 0.05) is 43.2 Å². The maximum atomic E-state index is 13.0. The third kappa shape index (κ3) is 3.37. The maximum absolute atomic E-state index is 13.0. The van der Waals surface area contributed by atoms with Crippen LogP contribution in [0.3, 0.4) is 0 Å². The molecule has 2 heterocycles. The molecule has 4 rings (SSSR count). The Hall–Kier alpha value is -2.59. The lowest BCUT2D eigenvalue weighted by Gasteiger charge is -2.40. The van der Waals surface area contributed by atoms with Crippen molar-refractivity contribution in [2.45, 2.75) is 18.9 Å². The number of amides is 1. The number of hydrogen-bond acceptors (Lipinski definition) is 2. The van der Waals surface area contributed by atoms with Crippen molar-refractivity contribution in [2.24, 2.45) is 0 Å². The minimum absolute atomic E-state index is 0.144. The smallest absolute Gasteiger partial charge is 0.223 e. The number of likely N-dealkylation sites (N-methyl/N-ethyl adjacent to an activating group) is 1. The number of H-pyrrole nitrogens is 1. The number of aromatic nitrogens is 1. The van der Waals surface area contributed by atoms with Gasteiger partial charge >= 0.3 is 0 Å². The van der Waals surface area contributed by atoms with Gasteiger partial charge in [-0.05, 0) is 30.7 Å². The predicted molar refractivity (Wildman–Crippen MR) is 105 cm³/mol. The lowest BCUT2D eigenvalue weighted by atomic mass is 10.0. The van der Waals surface area contributed by atoms with Gasteiger partial charge in [-0.1, -0.05) is 48.5 Å². The van der Waals surface area contributed by atoms with Gasteiger partial charge < -0.3 is 14.8 Å². The van der Waals surface area contributed by atoms with Crippen LogP contribution in [0.5, 0.6) is 0 Å². The highest BCUT2D eigenvalue weighted by atomic mass is 16.2. The fourth-order valence-corrected chi connectivity index (χ4v) is 3.90. The fraction of sp³-hybridized carbons (Fsp3) is 0.318. The number of hydrogen-bond donors (Lipinski definition) is 1. The van der Waals surface area contributed by atoms with Crippen molar-refractivity contribution in [3.05, 3.63) is 71.9 Å². The number of benzene rings is 2. The van der Waals surface area contributed by atoms with E-state index in [1.807, 2.05) is 24.4 Å². The number of para-hydroxylation sites is 1. The quantitative estimate of drug-likeness (QED) is 0.783. The Morgan fingerprint density at radius 2 is 1.85 bits per heavy atom. The van der Waals surface area contributed by atoms with E-state index in [0.717, 1.165) is 31.6 Å². The summed E-state index contributed by atoms with van der Waals surface area (Å²) in [6.45, 7) is 2.62. The largest absolute Gasteiger partial charge is 0.361 e. The molecular weight excluding hydrogens is 322 g/mol. The van der Waals surface area contributed by atoms with E-state index < -0.39 is 0 Å². The molecule has 1 atom stereocenters. The molecule has 1 saturated heterocycles. The SMILES string of the molecule is CN1CCN(C(=O)CCc2c[nH]c3ccccc23)C(c2ccccc2)C1. The minimum atomic E-state index is 0.144. The first-order valence-corrected chi connectivity index (χ1v) is 9.30. The molecule has 0 saturated carbocycles. The van der Waals surface area contributed by atoms with Crippen molar-refractivity contribution >= 4 is 16.8 Å². The van der Waals surface area contributed by atoms with Crippen LogP contribution in [0.25, 0.3) is 10.9 Å². The number of rotatable bonds is 4. The topological polar surface area (TPSA) is 39.3 Å². The molecule has 134 valence electrons. The third-order valence-electron chi connectivity index (χ3n) is 5.37. The highest BCUT2D eigenvalue weighted by molar-refractivity contribution is 5.84. The van der Waals surface area contributed by atoms with Crippen molar-refractivity contribution < 1.29 is 4.79 Å². The van der Waals surface area contributed by atoms with Gasteiger partial charge in [-0.2, -0.15) is 0 Å². The van der Waals surface area contributed by atoms with Gasteiger partial charge in [0.25, 0.3) is 0 Å². The van der Waals surface area contributed by atoms with Crippen LogP contribution in [0.2, 0.25) is 0 Å². The van der Waals surface area contributed by atoms with Crippen LogP contribution >= 0.6 is 0 Å². The van der Waals surface area contributed by atoms with Gasteiger partial charge in [0.2, 0.25) is 5.91 Å². The molecule has 1 aromatic heterocycles. The Morgan fingerprint density at radius 3 is 2.69 bits per heavy atom. The highest BCUT2D eigenvalue weighted by Crippen LogP contribution is 2.26. The number of nitrogens with zero attached hydrogens (tertiary/aromatic N) is 2. The molecule has 1 amide bonds. The van der Waals surface area contributed by atoms with Crippen LogP contribution in [0.1, 0.15) is 23.6 Å². The normalized spacial score (nSPS) is 18.3. The summed E-state index contributed by atoms with van der Waals surface area (Å²) in [5.41, 5.74) is 3.58. The molecule has 4 nitrogen and oxygen atoms in total. The average Bonchev–Trinajstić information content (AvgIpc) is 3.10. The van der Waals surface area contributed by atoms with E-state index in [1.54, 1.807) is 0 Å². The van der Waals surface area contributed by atoms with Crippen LogP contribution in [0.4, 0.5) is 0 Å². The first-order valence-electron chi connectivity index (χ1n) is 9.30. The van der Waals surface area contributed by atoms with E-state index in [0.29, 0.717) is 6.42 Å². The summed E-state index contributed by atoms with van der Waals surface area (Å²) in [4.78, 5) is 20.7. The van der Waals surface area contributed by atoms with E-state index in [-0.39, 0.29) is 11.9 Å². The zero-order chi connectivity index (χ0) is 17.9. The Morgan fingerprint density at radius 1 is 1.08 bits per heavy atom. The Bertz CT molecular complexity index is 887. The molecule has 3 aromatic rings. The number of aryl methyl sites for hydroxylation is 1. The molecule has 0 spiro atoms. The second kappa shape index (κ2) is 7.34. The molecule has 0 aliphatic carbocycles. The Kier molecular flexibility index (Phi) is 4.76. The van der Waals surface area contributed by atoms with E-state index >= 15 is 0 Å². The van der Waals surface area contributed by atoms with E-state index in [9.17, 15) is 4.79 Å². The number of fused-ring (bicyclic) bond motifs is 1. The highest BCUT2D eigenvalue weighted by Gasteiger charge is 2.29. The van der Waals surface area contributed by atoms with Gasteiger partial charge in [0.05, 0.1) is 6.04 Å². The first-order chi connectivity index (χ1) is 12.7. The summed E-state index contributed by atoms with van der Waals surface area (Å²) in [7, 11) is 2.13. The van der Waals surface area contributed by atoms with Crippen LogP contribution in [-0.2, 0) is 11.2 Å². The summed E-state index contributed by atoms with van der Waals surface area (Å²) >= 11 is 0. The fourth-order valence-electron chi connectivity index (χ4n) is 3.90. The summed E-state index contributed by atoms with van der Waals surface area (Å²) in [6, 6.07) is 18.8. The van der Waals surface area contributed by atoms with Crippen molar-refractivity contribution in [3.63, 3.8) is 0 Å². The maximum Gasteiger partial charge on any atom is 0.223 e. The van der Waals surface area contributed by atoms with Gasteiger partial charge in [0.1, 0.15) is 0 Å². The number of carbonyl (C=O) groups excluding carboxylic acids is 1. The standard InChI is InChI=1S/C22H25N3O/c1-24-13-14-25(21(16-24)17-7-3-2-4-8-17)22(26)12-11-18-15-23-20-10-6-5-9-19(18)20/h2-10,15,21,23H,11-14,16H2,1H3. The van der Waals surface area contributed by atoms with Gasteiger partial charge in [0.15, 0.2) is 0 Å². The summed E-state index contributed by atoms with van der Waals surface area (Å²) in [5, 5.41) is 1.22. The zero-order valence-electron chi connectivity index (χ0n) is 15.2. The van der Waals surface area contributed by atoms with Crippen molar-refractivity contribution in [2.75, 3.05) is 26.7 Å². The molecular formula is C22H25N3O. The van der Waals surface area contributed by atoms with Gasteiger partial charge in [-0.25, -0.2) is 0 Å². The number of carbonyl (C=O) groups is 1. The lowest BCUT2D eigenvalue weighted by Crippen LogP contribution is -2.49. The van der Waals surface area contributed by atoms with E-state index in [2.05, 4.69) is 58.2 Å². The molecule has 0 bridgehead atoms. The molecule has 1 aliphatic rings. The molecule has 4 heteroatoms. The Balaban J connectivity index is 1.49. The molecule has 2 aromatic carbocycles. The first kappa shape index (κ1) is 16.9. The van der Waals surface area contributed by atoms with Crippen LogP contribution in [0, 0.1) is 0 Å². The molecule has 1 unspecified atom stereocenters. The summed E-state index contributed by atoms with van der Waals surface area (Å²) in [6.07, 6.45) is 3.36. The van der Waals surface area contributed by atoms with Crippen molar-refractivity contribution in [3.8, 4) is 0 Å². The number of piperazine rings is 1. The average molecular weight is 347 g/mol. The van der Waals surface area contributed by atoms with E-state index in [1.165, 1.54) is 16.5 Å². The molecule has 1 N–H and O–H groups in total. The molecule has 1 aliphatic heterocycles. The summed E-state index contributed by atoms with van der Waals surface area (Å²) in [5.74, 6) is 0.247. The number of aromatic amines is 1. The third-order valence-corrected chi connectivity index (χ3v) is 5.37. The Labute approximate surface area is 154 Å². The molecule has 26 heavy (non-hydrogen) atoms. The summed E-state index contributed by atoms with van der Waals surface area (Å²) < 4.78 is 0. The van der Waals surface area contributed by atoms with Crippen molar-refractivity contribution in [1.29, 1.82) is 0 Å². The predicted octanol–water partition coefficient (Wildman–Crippen LogP) is 3.62. The van der Waals surface area contributed by atoms with Gasteiger partial charge in [-0.3, -0.25) is 4.79 Å². The van der Waals surface area contributed by atoms with Crippen molar-refractivity contribution in [1.82, 2.24) is 14.8 Å². The van der Waals surface area contributed by atoms with Gasteiger partial charge in [-0.15, -0.1) is 0 Å². The van der Waals surface area contributed by atoms with Crippen LogP contribution in [0.15, 0.2) is 60.8 Å². The van der Waals surface area contributed by atoms with Crippen LogP contribution in [-0.4, -0.2) is 47.4 Å². The number of nitrogens with one attached hydrogen (secondary N) is 1. The minimum Gasteiger partial charge on any atom is -0.361 e. The monoisotopic (exact) mass is 347 g/mol. The molecule has 0 radical (unpaired) electrons. The second-order valence-electron chi connectivity index (χ2n) is 7.14. The lowest BCUT2D eigenvalue weighted by molar-refractivity contribution is -0.136. The second-order valence-corrected chi connectivity index (χ2v) is 7.14. The molecule has 1 fully saturated rings. The van der Waals surface area contributed by atoms with E-state index in [4.69, 9.17) is 0 Å². The zero-order valence-corrected chi connectivity index (χ0v) is 15.2. The van der Waals surface area contributed by atoms with Crippen LogP contribution < -0.4 is 0 Å².